The second-order valence-corrected chi connectivity index (χ2v) is 3.59. The third-order valence-corrected chi connectivity index (χ3v) is 1.96. The SMILES string of the molecule is NC(=O)CC(N)C(=O)Nc1cnn(CC(=O)O)c1. The molecular weight excluding hydrogens is 242 g/mol. The molecule has 98 valence electrons. The van der Waals surface area contributed by atoms with Crippen molar-refractivity contribution >= 4 is 23.5 Å². The van der Waals surface area contributed by atoms with E-state index >= 15 is 0 Å². The Kier molecular flexibility index (Phi) is 4.38. The molecule has 0 aliphatic heterocycles. The number of carbonyl (C=O) groups excluding carboxylic acids is 2. The van der Waals surface area contributed by atoms with Crippen molar-refractivity contribution in [1.82, 2.24) is 9.78 Å². The lowest BCUT2D eigenvalue weighted by Gasteiger charge is -2.08. The molecular formula is C9H13N5O4. The number of carboxylic acid groups (broad SMARTS) is 1. The van der Waals surface area contributed by atoms with Gasteiger partial charge in [0.15, 0.2) is 0 Å². The highest BCUT2D eigenvalue weighted by molar-refractivity contribution is 5.97. The van der Waals surface area contributed by atoms with Gasteiger partial charge in [0.25, 0.3) is 0 Å². The number of hydrogen-bond donors (Lipinski definition) is 4. The number of amides is 2. The molecule has 9 nitrogen and oxygen atoms in total. The van der Waals surface area contributed by atoms with E-state index in [-0.39, 0.29) is 13.0 Å². The van der Waals surface area contributed by atoms with Gasteiger partial charge in [0.1, 0.15) is 6.54 Å². The molecule has 0 spiro atoms. The van der Waals surface area contributed by atoms with E-state index in [4.69, 9.17) is 16.6 Å². The Morgan fingerprint density at radius 2 is 2.17 bits per heavy atom. The van der Waals surface area contributed by atoms with E-state index in [1.54, 1.807) is 0 Å². The zero-order chi connectivity index (χ0) is 13.7. The van der Waals surface area contributed by atoms with Crippen LogP contribution in [-0.2, 0) is 20.9 Å². The number of aliphatic carboxylic acids is 1. The van der Waals surface area contributed by atoms with Crippen LogP contribution in [0.25, 0.3) is 0 Å². The van der Waals surface area contributed by atoms with Gasteiger partial charge in [-0.25, -0.2) is 0 Å². The Morgan fingerprint density at radius 1 is 1.50 bits per heavy atom. The molecule has 1 atom stereocenters. The number of anilines is 1. The van der Waals surface area contributed by atoms with Gasteiger partial charge in [-0.05, 0) is 0 Å². The third-order valence-electron chi connectivity index (χ3n) is 1.96. The van der Waals surface area contributed by atoms with Gasteiger partial charge in [-0.1, -0.05) is 0 Å². The number of carbonyl (C=O) groups is 3. The number of rotatable bonds is 6. The highest BCUT2D eigenvalue weighted by Crippen LogP contribution is 2.05. The zero-order valence-electron chi connectivity index (χ0n) is 9.37. The molecule has 1 unspecified atom stereocenters. The molecule has 2 amide bonds. The van der Waals surface area contributed by atoms with Crippen LogP contribution < -0.4 is 16.8 Å². The van der Waals surface area contributed by atoms with Gasteiger partial charge in [0.05, 0.1) is 24.3 Å². The second-order valence-electron chi connectivity index (χ2n) is 3.59. The largest absolute Gasteiger partial charge is 0.480 e. The van der Waals surface area contributed by atoms with E-state index in [9.17, 15) is 14.4 Å². The van der Waals surface area contributed by atoms with E-state index in [1.807, 2.05) is 0 Å². The molecule has 9 heteroatoms. The topological polar surface area (TPSA) is 153 Å². The van der Waals surface area contributed by atoms with E-state index in [1.165, 1.54) is 12.4 Å². The Labute approximate surface area is 102 Å². The lowest BCUT2D eigenvalue weighted by molar-refractivity contribution is -0.137. The number of hydrogen-bond acceptors (Lipinski definition) is 5. The van der Waals surface area contributed by atoms with Gasteiger partial charge >= 0.3 is 5.97 Å². The van der Waals surface area contributed by atoms with Gasteiger partial charge in [-0.3, -0.25) is 19.1 Å². The average molecular weight is 255 g/mol. The molecule has 0 bridgehead atoms. The summed E-state index contributed by atoms with van der Waals surface area (Å²) in [4.78, 5) is 32.5. The Balaban J connectivity index is 2.56. The molecule has 18 heavy (non-hydrogen) atoms. The van der Waals surface area contributed by atoms with Crippen molar-refractivity contribution in [2.24, 2.45) is 11.5 Å². The maximum absolute atomic E-state index is 11.5. The second kappa shape index (κ2) is 5.77. The Bertz CT molecular complexity index is 469. The zero-order valence-corrected chi connectivity index (χ0v) is 9.37. The monoisotopic (exact) mass is 255 g/mol. The fourth-order valence-corrected chi connectivity index (χ4v) is 1.20. The van der Waals surface area contributed by atoms with Crippen molar-refractivity contribution in [1.29, 1.82) is 0 Å². The molecule has 0 aromatic carbocycles. The minimum absolute atomic E-state index is 0.269. The highest BCUT2D eigenvalue weighted by Gasteiger charge is 2.16. The first-order chi connectivity index (χ1) is 8.38. The van der Waals surface area contributed by atoms with Crippen molar-refractivity contribution in [2.75, 3.05) is 5.32 Å². The van der Waals surface area contributed by atoms with E-state index in [0.29, 0.717) is 5.69 Å². The van der Waals surface area contributed by atoms with Crippen LogP contribution in [0.15, 0.2) is 12.4 Å². The number of primary amides is 1. The molecule has 0 saturated heterocycles. The van der Waals surface area contributed by atoms with Crippen LogP contribution in [0.2, 0.25) is 0 Å². The minimum atomic E-state index is -1.05. The smallest absolute Gasteiger partial charge is 0.325 e. The molecule has 0 aliphatic rings. The molecule has 0 saturated carbocycles. The predicted octanol–water partition coefficient (Wildman–Crippen LogP) is -1.89. The summed E-state index contributed by atoms with van der Waals surface area (Å²) in [5, 5.41) is 14.6. The van der Waals surface area contributed by atoms with Gasteiger partial charge in [-0.2, -0.15) is 5.10 Å². The fraction of sp³-hybridized carbons (Fsp3) is 0.333. The number of nitrogens with zero attached hydrogens (tertiary/aromatic N) is 2. The molecule has 6 N–H and O–H groups in total. The van der Waals surface area contributed by atoms with Gasteiger partial charge in [0.2, 0.25) is 11.8 Å². The molecule has 1 aromatic heterocycles. The van der Waals surface area contributed by atoms with E-state index < -0.39 is 23.8 Å². The van der Waals surface area contributed by atoms with Crippen molar-refractivity contribution in [2.45, 2.75) is 19.0 Å². The third kappa shape index (κ3) is 4.22. The predicted molar refractivity (Wildman–Crippen MR) is 60.3 cm³/mol. The van der Waals surface area contributed by atoms with Gasteiger partial charge in [-0.15, -0.1) is 0 Å². The van der Waals surface area contributed by atoms with Crippen LogP contribution >= 0.6 is 0 Å². The molecule has 0 aliphatic carbocycles. The van der Waals surface area contributed by atoms with Crippen LogP contribution in [0.3, 0.4) is 0 Å². The summed E-state index contributed by atoms with van der Waals surface area (Å²) in [6.07, 6.45) is 2.34. The summed E-state index contributed by atoms with van der Waals surface area (Å²) in [5.41, 5.74) is 10.6. The Hall–Kier alpha value is -2.42. The summed E-state index contributed by atoms with van der Waals surface area (Å²) >= 11 is 0. The first-order valence-electron chi connectivity index (χ1n) is 4.97. The lowest BCUT2D eigenvalue weighted by atomic mass is 10.2. The maximum Gasteiger partial charge on any atom is 0.325 e. The maximum atomic E-state index is 11.5. The number of aromatic nitrogens is 2. The molecule has 1 aromatic rings. The van der Waals surface area contributed by atoms with Gasteiger partial charge < -0.3 is 21.9 Å². The summed E-state index contributed by atoms with van der Waals surface area (Å²) in [7, 11) is 0. The fourth-order valence-electron chi connectivity index (χ4n) is 1.20. The van der Waals surface area contributed by atoms with Crippen LogP contribution in [0.5, 0.6) is 0 Å². The van der Waals surface area contributed by atoms with Crippen molar-refractivity contribution in [3.05, 3.63) is 12.4 Å². The average Bonchev–Trinajstić information content (AvgIpc) is 2.63. The van der Waals surface area contributed by atoms with E-state index in [0.717, 1.165) is 4.68 Å². The van der Waals surface area contributed by atoms with Crippen molar-refractivity contribution < 1.29 is 19.5 Å². The van der Waals surface area contributed by atoms with Crippen LogP contribution in [0.4, 0.5) is 5.69 Å². The van der Waals surface area contributed by atoms with E-state index in [2.05, 4.69) is 10.4 Å². The molecule has 1 rings (SSSR count). The molecule has 1 heterocycles. The normalized spacial score (nSPS) is 11.8. The summed E-state index contributed by atoms with van der Waals surface area (Å²) in [5.74, 6) is -2.33. The number of nitrogens with one attached hydrogen (secondary N) is 1. The lowest BCUT2D eigenvalue weighted by Crippen LogP contribution is -2.38. The van der Waals surface area contributed by atoms with Crippen molar-refractivity contribution in [3.63, 3.8) is 0 Å². The van der Waals surface area contributed by atoms with Crippen LogP contribution in [-0.4, -0.2) is 38.7 Å². The Morgan fingerprint density at radius 3 is 2.72 bits per heavy atom. The first-order valence-corrected chi connectivity index (χ1v) is 4.97. The van der Waals surface area contributed by atoms with Gasteiger partial charge in [0, 0.05) is 6.20 Å². The van der Waals surface area contributed by atoms with Crippen LogP contribution in [0, 0.1) is 0 Å². The quantitative estimate of drug-likeness (QED) is 0.466. The number of carboxylic acids is 1. The van der Waals surface area contributed by atoms with Crippen molar-refractivity contribution in [3.8, 4) is 0 Å². The molecule has 0 radical (unpaired) electrons. The minimum Gasteiger partial charge on any atom is -0.480 e. The first kappa shape index (κ1) is 13.6. The highest BCUT2D eigenvalue weighted by atomic mass is 16.4. The summed E-state index contributed by atoms with van der Waals surface area (Å²) < 4.78 is 1.14. The summed E-state index contributed by atoms with van der Waals surface area (Å²) in [6, 6.07) is -1.05. The summed E-state index contributed by atoms with van der Waals surface area (Å²) in [6.45, 7) is -0.316. The number of nitrogens with two attached hydrogens (primary N) is 2. The molecule has 0 fully saturated rings. The standard InChI is InChI=1S/C9H13N5O4/c10-6(1-7(11)15)9(18)13-5-2-12-14(3-5)4-8(16)17/h2-3,6H,1,4,10H2,(H2,11,15)(H,13,18)(H,16,17). The van der Waals surface area contributed by atoms with Crippen LogP contribution in [0.1, 0.15) is 6.42 Å².